The molecule has 0 atom stereocenters. The van der Waals surface area contributed by atoms with Crippen molar-refractivity contribution in [1.82, 2.24) is 9.97 Å². The summed E-state index contributed by atoms with van der Waals surface area (Å²) in [7, 11) is 0. The molecule has 0 bridgehead atoms. The summed E-state index contributed by atoms with van der Waals surface area (Å²) in [6.07, 6.45) is 12.7. The molecule has 0 radical (unpaired) electrons. The van der Waals surface area contributed by atoms with E-state index in [1.54, 1.807) is 0 Å². The third-order valence-electron chi connectivity index (χ3n) is 5.75. The minimum absolute atomic E-state index is 1.13. The number of aryl methyl sites for hydroxylation is 2. The van der Waals surface area contributed by atoms with Crippen LogP contribution in [-0.4, -0.2) is 9.97 Å². The Morgan fingerprint density at radius 3 is 1.50 bits per heavy atom. The van der Waals surface area contributed by atoms with Gasteiger partial charge in [0, 0.05) is 20.2 Å². The Labute approximate surface area is 194 Å². The molecule has 30 heavy (non-hydrogen) atoms. The summed E-state index contributed by atoms with van der Waals surface area (Å²) in [5, 5.41) is 5.42. The highest BCUT2D eigenvalue weighted by Crippen LogP contribution is 2.44. The van der Waals surface area contributed by atoms with Crippen molar-refractivity contribution in [2.24, 2.45) is 0 Å². The first-order valence-corrected chi connectivity index (χ1v) is 14.6. The zero-order valence-corrected chi connectivity index (χ0v) is 21.0. The summed E-state index contributed by atoms with van der Waals surface area (Å²) in [4.78, 5) is 12.4. The molecule has 0 aliphatic rings. The largest absolute Gasteiger partial charge is 0.230 e. The standard InChI is InChI=1S/C24H28N2S4/c1-3-5-7-9-11-19-25-23-21(29-19)15-13-18-16(14-17(15)27-23)22-24(28-18)26-20(30-22)12-10-8-6-4-2/h13-14H,3-12H2,1-2H3. The minimum Gasteiger partial charge on any atom is -0.230 e. The van der Waals surface area contributed by atoms with Gasteiger partial charge in [-0.25, -0.2) is 9.97 Å². The Morgan fingerprint density at radius 2 is 1.07 bits per heavy atom. The van der Waals surface area contributed by atoms with Gasteiger partial charge < -0.3 is 0 Å². The van der Waals surface area contributed by atoms with Gasteiger partial charge in [0.2, 0.25) is 0 Å². The normalized spacial score (nSPS) is 12.3. The topological polar surface area (TPSA) is 25.8 Å². The highest BCUT2D eigenvalue weighted by atomic mass is 32.1. The van der Waals surface area contributed by atoms with E-state index < -0.39 is 0 Å². The quantitative estimate of drug-likeness (QED) is 0.189. The molecule has 4 aromatic heterocycles. The van der Waals surface area contributed by atoms with Crippen molar-refractivity contribution < 1.29 is 0 Å². The molecule has 6 heteroatoms. The molecule has 0 spiro atoms. The van der Waals surface area contributed by atoms with Crippen LogP contribution in [0, 0.1) is 0 Å². The highest BCUT2D eigenvalue weighted by molar-refractivity contribution is 7.33. The first-order valence-electron chi connectivity index (χ1n) is 11.3. The maximum Gasteiger partial charge on any atom is 0.135 e. The molecule has 0 N–H and O–H groups in total. The molecule has 2 nitrogen and oxygen atoms in total. The molecule has 0 amide bonds. The van der Waals surface area contributed by atoms with Crippen molar-refractivity contribution in [3.8, 4) is 0 Å². The van der Waals surface area contributed by atoms with Crippen molar-refractivity contribution in [1.29, 1.82) is 0 Å². The lowest BCUT2D eigenvalue weighted by atomic mass is 10.2. The van der Waals surface area contributed by atoms with Crippen molar-refractivity contribution in [2.45, 2.75) is 78.1 Å². The van der Waals surface area contributed by atoms with Gasteiger partial charge in [0.15, 0.2) is 0 Å². The van der Waals surface area contributed by atoms with E-state index in [-0.39, 0.29) is 0 Å². The van der Waals surface area contributed by atoms with Crippen molar-refractivity contribution in [3.63, 3.8) is 0 Å². The molecule has 0 unspecified atom stereocenters. The lowest BCUT2D eigenvalue weighted by Gasteiger charge is -1.96. The number of aromatic nitrogens is 2. The van der Waals surface area contributed by atoms with Crippen LogP contribution in [0.25, 0.3) is 39.2 Å². The van der Waals surface area contributed by atoms with Crippen LogP contribution in [0.2, 0.25) is 0 Å². The fourth-order valence-electron chi connectivity index (χ4n) is 4.09. The molecule has 158 valence electrons. The number of rotatable bonds is 10. The number of fused-ring (bicyclic) bond motifs is 6. The van der Waals surface area contributed by atoms with Gasteiger partial charge in [0.1, 0.15) is 9.66 Å². The Balaban J connectivity index is 1.43. The molecule has 4 heterocycles. The molecule has 0 fully saturated rings. The van der Waals surface area contributed by atoms with Gasteiger partial charge in [-0.05, 0) is 37.8 Å². The van der Waals surface area contributed by atoms with Gasteiger partial charge in [-0.1, -0.05) is 52.4 Å². The van der Waals surface area contributed by atoms with Crippen LogP contribution < -0.4 is 0 Å². The summed E-state index contributed by atoms with van der Waals surface area (Å²) < 4.78 is 5.55. The van der Waals surface area contributed by atoms with E-state index in [1.165, 1.54) is 101 Å². The van der Waals surface area contributed by atoms with Gasteiger partial charge >= 0.3 is 0 Å². The van der Waals surface area contributed by atoms with Crippen LogP contribution in [0.15, 0.2) is 12.1 Å². The Morgan fingerprint density at radius 1 is 0.600 bits per heavy atom. The number of hydrogen-bond donors (Lipinski definition) is 0. The zero-order chi connectivity index (χ0) is 20.5. The first-order chi connectivity index (χ1) is 14.8. The van der Waals surface area contributed by atoms with Crippen molar-refractivity contribution in [3.05, 3.63) is 22.1 Å². The maximum absolute atomic E-state index is 4.97. The summed E-state index contributed by atoms with van der Waals surface area (Å²) in [5.41, 5.74) is 0. The van der Waals surface area contributed by atoms with E-state index >= 15 is 0 Å². The minimum atomic E-state index is 1.13. The number of thiophene rings is 2. The third kappa shape index (κ3) is 4.04. The van der Waals surface area contributed by atoms with E-state index in [4.69, 9.17) is 9.97 Å². The number of nitrogens with zero attached hydrogens (tertiary/aromatic N) is 2. The van der Waals surface area contributed by atoms with Crippen molar-refractivity contribution >= 4 is 84.6 Å². The summed E-state index contributed by atoms with van der Waals surface area (Å²) in [6.45, 7) is 4.54. The van der Waals surface area contributed by atoms with E-state index in [9.17, 15) is 0 Å². The molecular formula is C24H28N2S4. The molecule has 0 saturated heterocycles. The van der Waals surface area contributed by atoms with Crippen LogP contribution in [0.3, 0.4) is 0 Å². The van der Waals surface area contributed by atoms with Gasteiger partial charge in [0.05, 0.1) is 19.4 Å². The highest BCUT2D eigenvalue weighted by Gasteiger charge is 2.16. The molecular weight excluding hydrogens is 445 g/mol. The fourth-order valence-corrected chi connectivity index (χ4v) is 8.92. The average Bonchev–Trinajstić information content (AvgIpc) is 3.46. The van der Waals surface area contributed by atoms with Crippen LogP contribution in [0.4, 0.5) is 0 Å². The Bertz CT molecular complexity index is 1190. The van der Waals surface area contributed by atoms with Crippen LogP contribution >= 0.6 is 45.3 Å². The second kappa shape index (κ2) is 9.19. The monoisotopic (exact) mass is 472 g/mol. The van der Waals surface area contributed by atoms with Gasteiger partial charge in [-0.3, -0.25) is 0 Å². The SMILES string of the molecule is CCCCCCc1nc2sc3cc4c(cc3c2s1)sc1nc(CCCCCC)sc14. The van der Waals surface area contributed by atoms with Crippen LogP contribution in [0.1, 0.15) is 75.2 Å². The molecule has 5 aromatic rings. The summed E-state index contributed by atoms with van der Waals surface area (Å²) >= 11 is 7.57. The smallest absolute Gasteiger partial charge is 0.135 e. The van der Waals surface area contributed by atoms with E-state index in [2.05, 4.69) is 26.0 Å². The van der Waals surface area contributed by atoms with E-state index in [1.807, 2.05) is 45.3 Å². The lowest BCUT2D eigenvalue weighted by Crippen LogP contribution is -1.83. The average molecular weight is 473 g/mol. The van der Waals surface area contributed by atoms with Gasteiger partial charge in [0.25, 0.3) is 0 Å². The molecule has 0 aliphatic carbocycles. The summed E-state index contributed by atoms with van der Waals surface area (Å²) in [6, 6.07) is 4.81. The van der Waals surface area contributed by atoms with Crippen molar-refractivity contribution in [2.75, 3.05) is 0 Å². The molecule has 0 aliphatic heterocycles. The molecule has 0 saturated carbocycles. The number of thiazole rings is 2. The van der Waals surface area contributed by atoms with Crippen LogP contribution in [-0.2, 0) is 12.8 Å². The maximum atomic E-state index is 4.97. The predicted octanol–water partition coefficient (Wildman–Crippen LogP) is 9.58. The fraction of sp³-hybridized carbons (Fsp3) is 0.500. The van der Waals surface area contributed by atoms with E-state index in [0.29, 0.717) is 0 Å². The Kier molecular flexibility index (Phi) is 6.37. The number of unbranched alkanes of at least 4 members (excludes halogenated alkanes) is 6. The number of hydrogen-bond acceptors (Lipinski definition) is 6. The summed E-state index contributed by atoms with van der Waals surface area (Å²) in [5.74, 6) is 0. The third-order valence-corrected chi connectivity index (χ3v) is 10.4. The second-order valence-corrected chi connectivity index (χ2v) is 12.4. The number of benzene rings is 1. The molecule has 1 aromatic carbocycles. The van der Waals surface area contributed by atoms with Crippen LogP contribution in [0.5, 0.6) is 0 Å². The molecule has 5 rings (SSSR count). The van der Waals surface area contributed by atoms with E-state index in [0.717, 1.165) is 12.8 Å². The zero-order valence-electron chi connectivity index (χ0n) is 17.8. The second-order valence-electron chi connectivity index (χ2n) is 8.15. The predicted molar refractivity (Wildman–Crippen MR) is 139 cm³/mol. The Hall–Kier alpha value is -1.08. The van der Waals surface area contributed by atoms with Gasteiger partial charge in [-0.2, -0.15) is 0 Å². The first kappa shape index (κ1) is 20.8. The van der Waals surface area contributed by atoms with Gasteiger partial charge in [-0.15, -0.1) is 45.3 Å². The lowest BCUT2D eigenvalue weighted by molar-refractivity contribution is 0.666.